The largest absolute Gasteiger partial charge is 0.322 e. The van der Waals surface area contributed by atoms with Gasteiger partial charge in [-0.15, -0.1) is 0 Å². The maximum Gasteiger partial charge on any atom is 0.242 e. The molecule has 0 bridgehead atoms. The monoisotopic (exact) mass is 302 g/mol. The van der Waals surface area contributed by atoms with Crippen molar-refractivity contribution in [1.82, 2.24) is 15.1 Å². The van der Waals surface area contributed by atoms with Gasteiger partial charge < -0.3 is 10.6 Å². The fourth-order valence-electron chi connectivity index (χ4n) is 2.25. The van der Waals surface area contributed by atoms with Gasteiger partial charge in [0.25, 0.3) is 0 Å². The summed E-state index contributed by atoms with van der Waals surface area (Å²) in [5.74, 6) is 1.91. The van der Waals surface area contributed by atoms with E-state index in [1.54, 1.807) is 18.0 Å². The molecule has 2 aromatic rings. The van der Waals surface area contributed by atoms with Crippen molar-refractivity contribution in [3.05, 3.63) is 48.3 Å². The Bertz CT molecular complexity index is 593. The molecule has 1 unspecified atom stereocenters. The smallest absolute Gasteiger partial charge is 0.242 e. The Morgan fingerprint density at radius 2 is 2.29 bits per heavy atom. The Kier molecular flexibility index (Phi) is 4.57. The van der Waals surface area contributed by atoms with Gasteiger partial charge in [0.2, 0.25) is 5.91 Å². The third-order valence-electron chi connectivity index (χ3n) is 3.33. The van der Waals surface area contributed by atoms with Crippen LogP contribution in [-0.2, 0) is 11.3 Å². The first-order valence-corrected chi connectivity index (χ1v) is 8.15. The Labute approximate surface area is 128 Å². The molecule has 1 aliphatic rings. The number of thioether (sulfide) groups is 1. The van der Waals surface area contributed by atoms with Crippen LogP contribution in [-0.4, -0.2) is 39.8 Å². The highest BCUT2D eigenvalue weighted by molar-refractivity contribution is 7.99. The van der Waals surface area contributed by atoms with Crippen LogP contribution < -0.4 is 10.6 Å². The first-order chi connectivity index (χ1) is 10.3. The zero-order valence-electron chi connectivity index (χ0n) is 11.7. The van der Waals surface area contributed by atoms with Gasteiger partial charge in [-0.25, -0.2) is 0 Å². The number of nitrogens with zero attached hydrogens (tertiary/aromatic N) is 2. The van der Waals surface area contributed by atoms with Crippen LogP contribution in [0.2, 0.25) is 0 Å². The summed E-state index contributed by atoms with van der Waals surface area (Å²) >= 11 is 1.80. The molecule has 1 aliphatic heterocycles. The fraction of sp³-hybridized carbons (Fsp3) is 0.333. The zero-order valence-corrected chi connectivity index (χ0v) is 12.5. The first-order valence-electron chi connectivity index (χ1n) is 6.99. The molecule has 0 aliphatic carbocycles. The average molecular weight is 302 g/mol. The van der Waals surface area contributed by atoms with E-state index in [0.29, 0.717) is 6.54 Å². The van der Waals surface area contributed by atoms with E-state index < -0.39 is 0 Å². The SMILES string of the molecule is O=C(Nc1cnn(Cc2ccccc2)c1)C1CSCCN1. The number of rotatable bonds is 4. The van der Waals surface area contributed by atoms with Crippen LogP contribution in [0.3, 0.4) is 0 Å². The van der Waals surface area contributed by atoms with Gasteiger partial charge in [0, 0.05) is 24.2 Å². The first kappa shape index (κ1) is 14.2. The quantitative estimate of drug-likeness (QED) is 0.900. The van der Waals surface area contributed by atoms with E-state index in [0.717, 1.165) is 23.7 Å². The predicted octanol–water partition coefficient (Wildman–Crippen LogP) is 1.57. The molecule has 2 N–H and O–H groups in total. The molecule has 1 atom stereocenters. The van der Waals surface area contributed by atoms with E-state index in [2.05, 4.69) is 27.9 Å². The maximum atomic E-state index is 12.1. The average Bonchev–Trinajstić information content (AvgIpc) is 2.96. The number of carbonyl (C=O) groups excluding carboxylic acids is 1. The van der Waals surface area contributed by atoms with Gasteiger partial charge in [0.1, 0.15) is 0 Å². The Morgan fingerprint density at radius 1 is 1.43 bits per heavy atom. The normalized spacial score (nSPS) is 18.4. The standard InChI is InChI=1S/C15H18N4OS/c20-15(14-11-21-7-6-16-14)18-13-8-17-19(10-13)9-12-4-2-1-3-5-12/h1-5,8,10,14,16H,6-7,9,11H2,(H,18,20). The fourth-order valence-corrected chi connectivity index (χ4v) is 3.18. The van der Waals surface area contributed by atoms with Crippen molar-refractivity contribution in [2.45, 2.75) is 12.6 Å². The molecule has 0 spiro atoms. The molecular weight excluding hydrogens is 284 g/mol. The summed E-state index contributed by atoms with van der Waals surface area (Å²) in [6.45, 7) is 1.59. The molecule has 3 rings (SSSR count). The molecule has 110 valence electrons. The van der Waals surface area contributed by atoms with Crippen molar-refractivity contribution < 1.29 is 4.79 Å². The summed E-state index contributed by atoms with van der Waals surface area (Å²) in [5, 5.41) is 10.4. The van der Waals surface area contributed by atoms with E-state index in [9.17, 15) is 4.79 Å². The number of carbonyl (C=O) groups is 1. The van der Waals surface area contributed by atoms with Crippen LogP contribution in [0, 0.1) is 0 Å². The molecule has 0 saturated carbocycles. The van der Waals surface area contributed by atoms with Gasteiger partial charge in [-0.2, -0.15) is 16.9 Å². The summed E-state index contributed by atoms with van der Waals surface area (Å²) in [5.41, 5.74) is 1.93. The molecule has 6 heteroatoms. The second-order valence-corrected chi connectivity index (χ2v) is 6.13. The highest BCUT2D eigenvalue weighted by Crippen LogP contribution is 2.12. The van der Waals surface area contributed by atoms with Crippen LogP contribution in [0.25, 0.3) is 0 Å². The van der Waals surface area contributed by atoms with Crippen molar-refractivity contribution in [2.24, 2.45) is 0 Å². The van der Waals surface area contributed by atoms with Gasteiger partial charge >= 0.3 is 0 Å². The molecule has 5 nitrogen and oxygen atoms in total. The Balaban J connectivity index is 1.58. The van der Waals surface area contributed by atoms with Crippen LogP contribution in [0.1, 0.15) is 5.56 Å². The van der Waals surface area contributed by atoms with E-state index in [-0.39, 0.29) is 11.9 Å². The minimum atomic E-state index is -0.110. The Morgan fingerprint density at radius 3 is 3.05 bits per heavy atom. The Hall–Kier alpha value is -1.79. The van der Waals surface area contributed by atoms with Crippen LogP contribution >= 0.6 is 11.8 Å². The van der Waals surface area contributed by atoms with Crippen LogP contribution in [0.15, 0.2) is 42.7 Å². The zero-order chi connectivity index (χ0) is 14.5. The second kappa shape index (κ2) is 6.78. The van der Waals surface area contributed by atoms with Gasteiger partial charge in [-0.3, -0.25) is 9.48 Å². The lowest BCUT2D eigenvalue weighted by Gasteiger charge is -2.21. The number of anilines is 1. The van der Waals surface area contributed by atoms with Crippen LogP contribution in [0.5, 0.6) is 0 Å². The number of amides is 1. The molecule has 1 fully saturated rings. The summed E-state index contributed by atoms with van der Waals surface area (Å²) in [6, 6.07) is 10.0. The van der Waals surface area contributed by atoms with Crippen molar-refractivity contribution >= 4 is 23.4 Å². The van der Waals surface area contributed by atoms with Gasteiger partial charge in [-0.05, 0) is 5.56 Å². The summed E-state index contributed by atoms with van der Waals surface area (Å²) < 4.78 is 1.83. The number of nitrogens with one attached hydrogen (secondary N) is 2. The van der Waals surface area contributed by atoms with Crippen molar-refractivity contribution in [1.29, 1.82) is 0 Å². The molecular formula is C15H18N4OS. The maximum absolute atomic E-state index is 12.1. The van der Waals surface area contributed by atoms with Crippen LogP contribution in [0.4, 0.5) is 5.69 Å². The van der Waals surface area contributed by atoms with E-state index >= 15 is 0 Å². The molecule has 0 radical (unpaired) electrons. The molecule has 1 saturated heterocycles. The lowest BCUT2D eigenvalue weighted by atomic mass is 10.2. The second-order valence-electron chi connectivity index (χ2n) is 4.98. The summed E-state index contributed by atoms with van der Waals surface area (Å²) in [4.78, 5) is 12.1. The third-order valence-corrected chi connectivity index (χ3v) is 4.39. The highest BCUT2D eigenvalue weighted by Gasteiger charge is 2.21. The number of benzene rings is 1. The van der Waals surface area contributed by atoms with Crippen molar-refractivity contribution in [3.63, 3.8) is 0 Å². The summed E-state index contributed by atoms with van der Waals surface area (Å²) in [7, 11) is 0. The number of hydrogen-bond donors (Lipinski definition) is 2. The van der Waals surface area contributed by atoms with Crippen molar-refractivity contribution in [3.8, 4) is 0 Å². The minimum absolute atomic E-state index is 0.0152. The number of hydrogen-bond acceptors (Lipinski definition) is 4. The van der Waals surface area contributed by atoms with Gasteiger partial charge in [0.15, 0.2) is 0 Å². The van der Waals surface area contributed by atoms with E-state index in [1.165, 1.54) is 5.56 Å². The van der Waals surface area contributed by atoms with Crippen molar-refractivity contribution in [2.75, 3.05) is 23.4 Å². The highest BCUT2D eigenvalue weighted by atomic mass is 32.2. The summed E-state index contributed by atoms with van der Waals surface area (Å²) in [6.07, 6.45) is 3.55. The molecule has 2 heterocycles. The lowest BCUT2D eigenvalue weighted by molar-refractivity contribution is -0.117. The molecule has 1 amide bonds. The third kappa shape index (κ3) is 3.86. The molecule has 1 aromatic heterocycles. The molecule has 1 aromatic carbocycles. The predicted molar refractivity (Wildman–Crippen MR) is 85.5 cm³/mol. The van der Waals surface area contributed by atoms with E-state index in [1.807, 2.05) is 29.1 Å². The molecule has 21 heavy (non-hydrogen) atoms. The van der Waals surface area contributed by atoms with Gasteiger partial charge in [0.05, 0.1) is 24.5 Å². The topological polar surface area (TPSA) is 59.0 Å². The number of aromatic nitrogens is 2. The minimum Gasteiger partial charge on any atom is -0.322 e. The van der Waals surface area contributed by atoms with E-state index in [4.69, 9.17) is 0 Å². The van der Waals surface area contributed by atoms with Gasteiger partial charge in [-0.1, -0.05) is 30.3 Å². The lowest BCUT2D eigenvalue weighted by Crippen LogP contribution is -2.46.